The van der Waals surface area contributed by atoms with Crippen molar-refractivity contribution in [2.24, 2.45) is 0 Å². The van der Waals surface area contributed by atoms with E-state index in [2.05, 4.69) is 10.1 Å². The second-order valence-corrected chi connectivity index (χ2v) is 5.72. The predicted molar refractivity (Wildman–Crippen MR) is 63.3 cm³/mol. The fourth-order valence-corrected chi connectivity index (χ4v) is 1.90. The maximum atomic E-state index is 11.0. The van der Waals surface area contributed by atoms with Crippen molar-refractivity contribution in [3.63, 3.8) is 0 Å². The third kappa shape index (κ3) is 4.62. The van der Waals surface area contributed by atoms with Crippen LogP contribution in [-0.2, 0) is 20.3 Å². The predicted octanol–water partition coefficient (Wildman–Crippen LogP) is 1.86. The van der Waals surface area contributed by atoms with E-state index in [1.54, 1.807) is 19.1 Å². The maximum absolute atomic E-state index is 11.0. The van der Waals surface area contributed by atoms with Crippen molar-refractivity contribution in [2.45, 2.75) is 18.4 Å². The fourth-order valence-electron chi connectivity index (χ4n) is 1.13. The van der Waals surface area contributed by atoms with Crippen molar-refractivity contribution in [2.75, 3.05) is 6.61 Å². The first-order chi connectivity index (χ1) is 7.93. The van der Waals surface area contributed by atoms with E-state index in [-0.39, 0.29) is 11.4 Å². The van der Waals surface area contributed by atoms with Gasteiger partial charge in [-0.05, 0) is 24.6 Å². The number of ether oxygens (including phenoxy) is 1. The van der Waals surface area contributed by atoms with Crippen LogP contribution in [0.2, 0.25) is 0 Å². The van der Waals surface area contributed by atoms with Crippen molar-refractivity contribution in [1.29, 1.82) is 0 Å². The van der Waals surface area contributed by atoms with Gasteiger partial charge in [-0.3, -0.25) is 0 Å². The lowest BCUT2D eigenvalue weighted by Crippen LogP contribution is -2.23. The molecule has 0 saturated heterocycles. The summed E-state index contributed by atoms with van der Waals surface area (Å²) >= 11 is 0. The van der Waals surface area contributed by atoms with Gasteiger partial charge in [-0.15, -0.1) is 0 Å². The smallest absolute Gasteiger partial charge is 0.407 e. The molecule has 0 atom stereocenters. The Morgan fingerprint density at radius 1 is 1.35 bits per heavy atom. The molecule has 0 aromatic heterocycles. The molecule has 1 aromatic carbocycles. The normalized spacial score (nSPS) is 10.9. The van der Waals surface area contributed by atoms with Gasteiger partial charge >= 0.3 is 6.09 Å². The molecule has 1 aromatic rings. The van der Waals surface area contributed by atoms with Crippen molar-refractivity contribution in [3.8, 4) is 0 Å². The molecule has 0 fully saturated rings. The van der Waals surface area contributed by atoms with Crippen LogP contribution in [0.3, 0.4) is 0 Å². The monoisotopic (exact) mass is 277 g/mol. The molecule has 0 bridgehead atoms. The molecule has 0 aliphatic heterocycles. The maximum Gasteiger partial charge on any atom is 0.407 e. The number of rotatable bonds is 4. The molecule has 94 valence electrons. The average Bonchev–Trinajstić information content (AvgIpc) is 2.26. The highest BCUT2D eigenvalue weighted by Gasteiger charge is 2.09. The lowest BCUT2D eigenvalue weighted by Gasteiger charge is -2.05. The molecular formula is C10H12ClNO4S. The first kappa shape index (κ1) is 13.8. The fraction of sp³-hybridized carbons (Fsp3) is 0.300. The molecule has 0 unspecified atom stereocenters. The molecule has 1 amide bonds. The van der Waals surface area contributed by atoms with Crippen LogP contribution in [0.5, 0.6) is 0 Å². The van der Waals surface area contributed by atoms with Crippen LogP contribution in [0.1, 0.15) is 12.5 Å². The molecule has 0 saturated carbocycles. The molecule has 0 heterocycles. The largest absolute Gasteiger partial charge is 0.450 e. The summed E-state index contributed by atoms with van der Waals surface area (Å²) in [6.45, 7) is 2.27. The third-order valence-electron chi connectivity index (χ3n) is 1.92. The summed E-state index contributed by atoms with van der Waals surface area (Å²) in [5, 5.41) is 2.51. The summed E-state index contributed by atoms with van der Waals surface area (Å²) in [7, 11) is 1.46. The van der Waals surface area contributed by atoms with Crippen molar-refractivity contribution in [3.05, 3.63) is 29.8 Å². The molecule has 7 heteroatoms. The van der Waals surface area contributed by atoms with E-state index in [4.69, 9.17) is 10.7 Å². The Labute approximate surface area is 104 Å². The molecule has 0 spiro atoms. The summed E-state index contributed by atoms with van der Waals surface area (Å²) in [5.41, 5.74) is 0.752. The molecule has 0 aliphatic carbocycles. The van der Waals surface area contributed by atoms with Gasteiger partial charge in [0.2, 0.25) is 0 Å². The highest BCUT2D eigenvalue weighted by molar-refractivity contribution is 8.13. The zero-order chi connectivity index (χ0) is 12.9. The summed E-state index contributed by atoms with van der Waals surface area (Å²) in [6.07, 6.45) is -0.512. The molecule has 0 aliphatic rings. The Kier molecular flexibility index (Phi) is 4.77. The van der Waals surface area contributed by atoms with E-state index in [0.29, 0.717) is 6.61 Å². The molecule has 0 radical (unpaired) electrons. The zero-order valence-electron chi connectivity index (χ0n) is 9.14. The van der Waals surface area contributed by atoms with Gasteiger partial charge in [0.15, 0.2) is 0 Å². The van der Waals surface area contributed by atoms with Gasteiger partial charge in [-0.25, -0.2) is 13.2 Å². The Hall–Kier alpha value is -1.27. The Bertz CT molecular complexity index is 484. The summed E-state index contributed by atoms with van der Waals surface area (Å²) in [4.78, 5) is 11.0. The number of hydrogen-bond donors (Lipinski definition) is 1. The Balaban J connectivity index is 2.60. The van der Waals surface area contributed by atoms with Gasteiger partial charge in [0.1, 0.15) is 0 Å². The van der Waals surface area contributed by atoms with Crippen LogP contribution in [0.4, 0.5) is 4.79 Å². The summed E-state index contributed by atoms with van der Waals surface area (Å²) in [6, 6.07) is 5.90. The number of hydrogen-bond acceptors (Lipinski definition) is 4. The topological polar surface area (TPSA) is 72.5 Å². The second kappa shape index (κ2) is 5.88. The number of carbonyl (C=O) groups excluding carboxylic acids is 1. The lowest BCUT2D eigenvalue weighted by atomic mass is 10.2. The number of halogens is 1. The number of benzene rings is 1. The Morgan fingerprint density at radius 3 is 2.41 bits per heavy atom. The zero-order valence-corrected chi connectivity index (χ0v) is 10.7. The first-order valence-electron chi connectivity index (χ1n) is 4.87. The summed E-state index contributed by atoms with van der Waals surface area (Å²) < 4.78 is 26.6. The van der Waals surface area contributed by atoms with Gasteiger partial charge in [0.25, 0.3) is 9.05 Å². The minimum Gasteiger partial charge on any atom is -0.450 e. The van der Waals surface area contributed by atoms with E-state index in [0.717, 1.165) is 5.56 Å². The van der Waals surface area contributed by atoms with Crippen molar-refractivity contribution in [1.82, 2.24) is 5.32 Å². The molecule has 5 nitrogen and oxygen atoms in total. The van der Waals surface area contributed by atoms with Gasteiger partial charge in [0.05, 0.1) is 11.5 Å². The van der Waals surface area contributed by atoms with E-state index < -0.39 is 15.1 Å². The average molecular weight is 278 g/mol. The number of carbonyl (C=O) groups is 1. The van der Waals surface area contributed by atoms with Crippen LogP contribution in [0.15, 0.2) is 29.2 Å². The minimum absolute atomic E-state index is 0.0269. The highest BCUT2D eigenvalue weighted by atomic mass is 35.7. The number of amides is 1. The third-order valence-corrected chi connectivity index (χ3v) is 3.29. The van der Waals surface area contributed by atoms with Gasteiger partial charge < -0.3 is 10.1 Å². The van der Waals surface area contributed by atoms with E-state index in [9.17, 15) is 13.2 Å². The van der Waals surface area contributed by atoms with Crippen LogP contribution in [-0.4, -0.2) is 21.1 Å². The quantitative estimate of drug-likeness (QED) is 0.853. The van der Waals surface area contributed by atoms with E-state index in [1.807, 2.05) is 0 Å². The van der Waals surface area contributed by atoms with Crippen molar-refractivity contribution >= 4 is 25.8 Å². The van der Waals surface area contributed by atoms with Gasteiger partial charge in [0, 0.05) is 17.2 Å². The highest BCUT2D eigenvalue weighted by Crippen LogP contribution is 2.15. The van der Waals surface area contributed by atoms with Crippen LogP contribution in [0.25, 0.3) is 0 Å². The number of alkyl carbamates (subject to hydrolysis) is 1. The molecular weight excluding hydrogens is 266 g/mol. The van der Waals surface area contributed by atoms with Gasteiger partial charge in [-0.1, -0.05) is 12.1 Å². The van der Waals surface area contributed by atoms with E-state index >= 15 is 0 Å². The number of nitrogens with one attached hydrogen (secondary N) is 1. The lowest BCUT2D eigenvalue weighted by molar-refractivity contribution is 0.151. The Morgan fingerprint density at radius 2 is 1.94 bits per heavy atom. The van der Waals surface area contributed by atoms with Gasteiger partial charge in [-0.2, -0.15) is 0 Å². The summed E-state index contributed by atoms with van der Waals surface area (Å²) in [5.74, 6) is 0. The first-order valence-corrected chi connectivity index (χ1v) is 7.18. The molecule has 1 N–H and O–H groups in total. The van der Waals surface area contributed by atoms with Crippen LogP contribution >= 0.6 is 10.7 Å². The molecule has 17 heavy (non-hydrogen) atoms. The van der Waals surface area contributed by atoms with Crippen molar-refractivity contribution < 1.29 is 17.9 Å². The van der Waals surface area contributed by atoms with E-state index in [1.165, 1.54) is 12.1 Å². The second-order valence-electron chi connectivity index (χ2n) is 3.16. The molecule has 1 rings (SSSR count). The minimum atomic E-state index is -3.70. The standard InChI is InChI=1S/C10H12ClNO4S/c1-2-16-10(13)12-7-8-3-5-9(6-4-8)17(11,14)15/h3-6H,2,7H2,1H3,(H,12,13). The SMILES string of the molecule is CCOC(=O)NCc1ccc(S(=O)(=O)Cl)cc1. The van der Waals surface area contributed by atoms with Crippen LogP contribution < -0.4 is 5.32 Å². The van der Waals surface area contributed by atoms with Crippen LogP contribution in [0, 0.1) is 0 Å².